The van der Waals surface area contributed by atoms with E-state index in [1.165, 1.54) is 17.3 Å². The number of fused-ring (bicyclic) bond motifs is 1. The Kier molecular flexibility index (Phi) is 7.07. The predicted molar refractivity (Wildman–Crippen MR) is 127 cm³/mol. The smallest absolute Gasteiger partial charge is 0.262 e. The lowest BCUT2D eigenvalue weighted by Crippen LogP contribution is -2.31. The van der Waals surface area contributed by atoms with Crippen LogP contribution in [0.5, 0.6) is 0 Å². The number of amides is 1. The van der Waals surface area contributed by atoms with Gasteiger partial charge in [0.15, 0.2) is 5.16 Å². The van der Waals surface area contributed by atoms with Gasteiger partial charge in [-0.15, -0.1) is 0 Å². The Hall–Kier alpha value is -2.60. The van der Waals surface area contributed by atoms with Crippen LogP contribution in [0.15, 0.2) is 64.5 Å². The Labute approximate surface area is 187 Å². The molecule has 1 fully saturated rings. The molecular weight excluding hydrogens is 406 g/mol. The van der Waals surface area contributed by atoms with Crippen molar-refractivity contribution in [3.05, 3.63) is 70.5 Å². The van der Waals surface area contributed by atoms with E-state index in [1.54, 1.807) is 0 Å². The van der Waals surface area contributed by atoms with Crippen LogP contribution in [-0.4, -0.2) is 27.8 Å². The first-order chi connectivity index (χ1) is 15.2. The fourth-order valence-electron chi connectivity index (χ4n) is 4.35. The highest BCUT2D eigenvalue weighted by atomic mass is 32.2. The standard InChI is InChI=1S/C25H29N3O2S/c1-2-18(19-10-4-3-5-11-19)16-26-23(29)17-31-25-27-22-15-9-8-14-21(22)24(30)28(25)20-12-6-7-13-20/h3-5,8-11,14-15,18,20H,2,6-7,12-13,16-17H2,1H3,(H,26,29). The zero-order valence-electron chi connectivity index (χ0n) is 17.9. The van der Waals surface area contributed by atoms with Gasteiger partial charge in [-0.3, -0.25) is 14.2 Å². The molecule has 1 aliphatic rings. The molecule has 1 saturated carbocycles. The predicted octanol–water partition coefficient (Wildman–Crippen LogP) is 4.91. The van der Waals surface area contributed by atoms with E-state index >= 15 is 0 Å². The van der Waals surface area contributed by atoms with E-state index in [1.807, 2.05) is 47.0 Å². The van der Waals surface area contributed by atoms with Gasteiger partial charge in [-0.25, -0.2) is 4.98 Å². The average molecular weight is 436 g/mol. The summed E-state index contributed by atoms with van der Waals surface area (Å²) in [6.07, 6.45) is 5.22. The first-order valence-electron chi connectivity index (χ1n) is 11.1. The third kappa shape index (κ3) is 5.01. The van der Waals surface area contributed by atoms with Crippen molar-refractivity contribution in [2.75, 3.05) is 12.3 Å². The van der Waals surface area contributed by atoms with Crippen molar-refractivity contribution >= 4 is 28.6 Å². The molecule has 31 heavy (non-hydrogen) atoms. The van der Waals surface area contributed by atoms with Gasteiger partial charge in [-0.2, -0.15) is 0 Å². The molecule has 162 valence electrons. The quantitative estimate of drug-likeness (QED) is 0.403. The summed E-state index contributed by atoms with van der Waals surface area (Å²) in [5, 5.41) is 4.37. The van der Waals surface area contributed by atoms with Gasteiger partial charge in [-0.05, 0) is 37.0 Å². The Morgan fingerprint density at radius 2 is 1.84 bits per heavy atom. The highest BCUT2D eigenvalue weighted by Gasteiger charge is 2.23. The van der Waals surface area contributed by atoms with Crippen molar-refractivity contribution in [3.63, 3.8) is 0 Å². The Morgan fingerprint density at radius 1 is 1.13 bits per heavy atom. The second-order valence-electron chi connectivity index (χ2n) is 8.13. The molecule has 1 N–H and O–H groups in total. The Balaban J connectivity index is 1.47. The van der Waals surface area contributed by atoms with Crippen LogP contribution in [0, 0.1) is 0 Å². The van der Waals surface area contributed by atoms with Crippen LogP contribution in [-0.2, 0) is 4.79 Å². The van der Waals surface area contributed by atoms with Gasteiger partial charge in [0.05, 0.1) is 16.7 Å². The van der Waals surface area contributed by atoms with Crippen molar-refractivity contribution in [1.82, 2.24) is 14.9 Å². The molecule has 6 heteroatoms. The molecular formula is C25H29N3O2S. The molecule has 0 aliphatic heterocycles. The molecule has 3 aromatic rings. The summed E-state index contributed by atoms with van der Waals surface area (Å²) >= 11 is 1.37. The van der Waals surface area contributed by atoms with Crippen molar-refractivity contribution in [1.29, 1.82) is 0 Å². The van der Waals surface area contributed by atoms with Crippen molar-refractivity contribution in [3.8, 4) is 0 Å². The summed E-state index contributed by atoms with van der Waals surface area (Å²) in [4.78, 5) is 30.6. The SMILES string of the molecule is CCC(CNC(=O)CSc1nc2ccccc2c(=O)n1C1CCCC1)c1ccccc1. The third-order valence-electron chi connectivity index (χ3n) is 6.11. The third-order valence-corrected chi connectivity index (χ3v) is 7.06. The summed E-state index contributed by atoms with van der Waals surface area (Å²) in [6.45, 7) is 2.75. The highest BCUT2D eigenvalue weighted by Crippen LogP contribution is 2.32. The molecule has 0 radical (unpaired) electrons. The highest BCUT2D eigenvalue weighted by molar-refractivity contribution is 7.99. The normalized spacial score (nSPS) is 15.3. The van der Waals surface area contributed by atoms with Gasteiger partial charge in [-0.1, -0.05) is 74.0 Å². The fraction of sp³-hybridized carbons (Fsp3) is 0.400. The Bertz CT molecular complexity index is 1090. The minimum absolute atomic E-state index is 0.00975. The lowest BCUT2D eigenvalue weighted by Gasteiger charge is -2.19. The summed E-state index contributed by atoms with van der Waals surface area (Å²) < 4.78 is 1.84. The number of hydrogen-bond acceptors (Lipinski definition) is 4. The van der Waals surface area contributed by atoms with Gasteiger partial charge < -0.3 is 5.32 Å². The topological polar surface area (TPSA) is 64.0 Å². The maximum Gasteiger partial charge on any atom is 0.262 e. The largest absolute Gasteiger partial charge is 0.355 e. The zero-order valence-corrected chi connectivity index (χ0v) is 18.7. The first-order valence-corrected chi connectivity index (χ1v) is 12.1. The number of benzene rings is 2. The van der Waals surface area contributed by atoms with Crippen LogP contribution in [0.3, 0.4) is 0 Å². The number of aromatic nitrogens is 2. The molecule has 5 nitrogen and oxygen atoms in total. The number of nitrogens with zero attached hydrogens (tertiary/aromatic N) is 2. The van der Waals surface area contributed by atoms with Crippen LogP contribution < -0.4 is 10.9 Å². The van der Waals surface area contributed by atoms with E-state index < -0.39 is 0 Å². The molecule has 2 aromatic carbocycles. The summed E-state index contributed by atoms with van der Waals surface area (Å²) in [5.41, 5.74) is 1.94. The lowest BCUT2D eigenvalue weighted by atomic mass is 9.96. The van der Waals surface area contributed by atoms with E-state index in [-0.39, 0.29) is 23.3 Å². The number of carbonyl (C=O) groups is 1. The summed E-state index contributed by atoms with van der Waals surface area (Å²) in [5.74, 6) is 0.522. The fourth-order valence-corrected chi connectivity index (χ4v) is 5.25. The molecule has 0 bridgehead atoms. The van der Waals surface area contributed by atoms with E-state index in [4.69, 9.17) is 4.98 Å². The number of nitrogens with one attached hydrogen (secondary N) is 1. The average Bonchev–Trinajstić information content (AvgIpc) is 3.33. The first kappa shape index (κ1) is 21.6. The van der Waals surface area contributed by atoms with Gasteiger partial charge in [0.25, 0.3) is 5.56 Å². The van der Waals surface area contributed by atoms with E-state index in [2.05, 4.69) is 24.4 Å². The van der Waals surface area contributed by atoms with Gasteiger partial charge in [0, 0.05) is 18.5 Å². The van der Waals surface area contributed by atoms with Crippen molar-refractivity contribution in [2.45, 2.75) is 56.1 Å². The molecule has 4 rings (SSSR count). The summed E-state index contributed by atoms with van der Waals surface area (Å²) in [7, 11) is 0. The molecule has 1 amide bonds. The molecule has 1 heterocycles. The second-order valence-corrected chi connectivity index (χ2v) is 9.08. The zero-order chi connectivity index (χ0) is 21.6. The summed E-state index contributed by atoms with van der Waals surface area (Å²) in [6, 6.07) is 17.9. The van der Waals surface area contributed by atoms with Crippen molar-refractivity contribution < 1.29 is 4.79 Å². The minimum Gasteiger partial charge on any atom is -0.355 e. The number of hydrogen-bond donors (Lipinski definition) is 1. The van der Waals surface area contributed by atoms with Crippen molar-refractivity contribution in [2.24, 2.45) is 0 Å². The number of rotatable bonds is 8. The van der Waals surface area contributed by atoms with Gasteiger partial charge in [0.2, 0.25) is 5.91 Å². The molecule has 0 spiro atoms. The van der Waals surface area contributed by atoms with E-state index in [0.717, 1.165) is 32.1 Å². The van der Waals surface area contributed by atoms with Gasteiger partial charge in [0.1, 0.15) is 0 Å². The molecule has 1 unspecified atom stereocenters. The van der Waals surface area contributed by atoms with E-state index in [9.17, 15) is 9.59 Å². The van der Waals surface area contributed by atoms with Crippen LogP contribution in [0.1, 0.15) is 56.6 Å². The van der Waals surface area contributed by atoms with Gasteiger partial charge >= 0.3 is 0 Å². The molecule has 1 aromatic heterocycles. The van der Waals surface area contributed by atoms with Crippen LogP contribution in [0.4, 0.5) is 0 Å². The molecule has 1 aliphatic carbocycles. The van der Waals surface area contributed by atoms with Crippen LogP contribution >= 0.6 is 11.8 Å². The molecule has 0 saturated heterocycles. The minimum atomic E-state index is -0.0280. The van der Waals surface area contributed by atoms with E-state index in [0.29, 0.717) is 28.5 Å². The van der Waals surface area contributed by atoms with Crippen LogP contribution in [0.25, 0.3) is 10.9 Å². The lowest BCUT2D eigenvalue weighted by molar-refractivity contribution is -0.118. The van der Waals surface area contributed by atoms with Crippen LogP contribution in [0.2, 0.25) is 0 Å². The maximum atomic E-state index is 13.2. The number of thioether (sulfide) groups is 1. The second kappa shape index (κ2) is 10.1. The molecule has 1 atom stereocenters. The number of para-hydroxylation sites is 1. The monoisotopic (exact) mass is 435 g/mol. The number of carbonyl (C=O) groups excluding carboxylic acids is 1. The Morgan fingerprint density at radius 3 is 2.58 bits per heavy atom. The maximum absolute atomic E-state index is 13.2.